The fraction of sp³-hybridized carbons (Fsp3) is 0.364. The summed E-state index contributed by atoms with van der Waals surface area (Å²) in [6.07, 6.45) is 8.70. The van der Waals surface area contributed by atoms with E-state index in [0.717, 1.165) is 12.1 Å². The first-order valence-electron chi connectivity index (χ1n) is 9.51. The molecule has 3 aliphatic rings. The second-order valence-corrected chi connectivity index (χ2v) is 7.73. The molecule has 0 bridgehead atoms. The van der Waals surface area contributed by atoms with Crippen LogP contribution < -0.4 is 5.43 Å². The SMILES string of the molecule is C=C1NN=C2C3=C1CCCC3CC(c1ccccc1)C2c1cncn1C. The summed E-state index contributed by atoms with van der Waals surface area (Å²) in [5.41, 5.74) is 10.9. The first-order chi connectivity index (χ1) is 12.7. The Hall–Kier alpha value is -2.62. The highest BCUT2D eigenvalue weighted by molar-refractivity contribution is 6.08. The Morgan fingerprint density at radius 3 is 2.85 bits per heavy atom. The number of nitrogens with one attached hydrogen (secondary N) is 1. The van der Waals surface area contributed by atoms with Crippen molar-refractivity contribution in [3.63, 3.8) is 0 Å². The van der Waals surface area contributed by atoms with Gasteiger partial charge in [-0.3, -0.25) is 5.43 Å². The molecule has 4 heteroatoms. The number of rotatable bonds is 2. The van der Waals surface area contributed by atoms with Gasteiger partial charge >= 0.3 is 0 Å². The second kappa shape index (κ2) is 5.97. The first kappa shape index (κ1) is 15.6. The standard InChI is InChI=1S/C22H24N4/c1-14-17-10-6-9-16-11-18(15-7-4-3-5-8-15)21(19-12-23-13-26(19)2)22(20(16)17)25-24-14/h3-5,7-8,12-13,16,18,21,24H,1,6,9-11H2,2H3. The van der Waals surface area contributed by atoms with Crippen molar-refractivity contribution in [1.82, 2.24) is 15.0 Å². The van der Waals surface area contributed by atoms with Crippen LogP contribution in [-0.4, -0.2) is 15.3 Å². The fourth-order valence-electron chi connectivity index (χ4n) is 5.13. The smallest absolute Gasteiger partial charge is 0.0945 e. The third kappa shape index (κ3) is 2.28. The maximum absolute atomic E-state index is 4.84. The minimum Gasteiger partial charge on any atom is -0.337 e. The van der Waals surface area contributed by atoms with Crippen molar-refractivity contribution in [2.24, 2.45) is 18.1 Å². The van der Waals surface area contributed by atoms with Crippen molar-refractivity contribution in [2.45, 2.75) is 37.5 Å². The van der Waals surface area contributed by atoms with E-state index in [1.807, 2.05) is 12.5 Å². The molecule has 1 aliphatic heterocycles. The van der Waals surface area contributed by atoms with Crippen LogP contribution in [0.15, 0.2) is 71.4 Å². The Morgan fingerprint density at radius 2 is 2.08 bits per heavy atom. The quantitative estimate of drug-likeness (QED) is 0.884. The predicted molar refractivity (Wildman–Crippen MR) is 104 cm³/mol. The number of allylic oxidation sites excluding steroid dienone is 2. The molecule has 3 unspecified atom stereocenters. The van der Waals surface area contributed by atoms with E-state index in [-0.39, 0.29) is 5.92 Å². The lowest BCUT2D eigenvalue weighted by Crippen LogP contribution is -2.39. The zero-order valence-electron chi connectivity index (χ0n) is 15.2. The van der Waals surface area contributed by atoms with Crippen LogP contribution in [0, 0.1) is 5.92 Å². The summed E-state index contributed by atoms with van der Waals surface area (Å²) in [4.78, 5) is 4.40. The van der Waals surface area contributed by atoms with Crippen LogP contribution in [0.25, 0.3) is 0 Å². The molecule has 0 radical (unpaired) electrons. The van der Waals surface area contributed by atoms with E-state index in [1.54, 1.807) is 0 Å². The van der Waals surface area contributed by atoms with E-state index < -0.39 is 0 Å². The maximum Gasteiger partial charge on any atom is 0.0945 e. The van der Waals surface area contributed by atoms with E-state index in [1.165, 1.54) is 47.4 Å². The molecule has 1 aromatic heterocycles. The van der Waals surface area contributed by atoms with Crippen molar-refractivity contribution >= 4 is 5.71 Å². The molecule has 1 fully saturated rings. The summed E-state index contributed by atoms with van der Waals surface area (Å²) in [6.45, 7) is 4.21. The summed E-state index contributed by atoms with van der Waals surface area (Å²) in [7, 11) is 2.09. The summed E-state index contributed by atoms with van der Waals surface area (Å²) < 4.78 is 2.15. The van der Waals surface area contributed by atoms with Gasteiger partial charge in [-0.25, -0.2) is 4.98 Å². The lowest BCUT2D eigenvalue weighted by atomic mass is 9.62. The molecule has 1 saturated carbocycles. The van der Waals surface area contributed by atoms with Gasteiger partial charge in [-0.2, -0.15) is 5.10 Å². The molecule has 3 atom stereocenters. The molecular formula is C22H24N4. The molecule has 0 amide bonds. The van der Waals surface area contributed by atoms with Crippen LogP contribution in [0.5, 0.6) is 0 Å². The van der Waals surface area contributed by atoms with Gasteiger partial charge < -0.3 is 4.57 Å². The van der Waals surface area contributed by atoms with Crippen LogP contribution in [0.4, 0.5) is 0 Å². The molecule has 132 valence electrons. The van der Waals surface area contributed by atoms with Gasteiger partial charge in [0, 0.05) is 18.9 Å². The monoisotopic (exact) mass is 344 g/mol. The number of hydrogen-bond donors (Lipinski definition) is 1. The molecule has 0 saturated heterocycles. The molecule has 2 aliphatic carbocycles. The molecule has 26 heavy (non-hydrogen) atoms. The van der Waals surface area contributed by atoms with Crippen molar-refractivity contribution in [2.75, 3.05) is 0 Å². The summed E-state index contributed by atoms with van der Waals surface area (Å²) in [6, 6.07) is 10.9. The maximum atomic E-state index is 4.84. The Morgan fingerprint density at radius 1 is 1.23 bits per heavy atom. The van der Waals surface area contributed by atoms with Gasteiger partial charge in [0.05, 0.1) is 23.7 Å². The molecule has 2 heterocycles. The Kier molecular flexibility index (Phi) is 3.59. The number of imidazole rings is 1. The van der Waals surface area contributed by atoms with E-state index in [0.29, 0.717) is 11.8 Å². The summed E-state index contributed by atoms with van der Waals surface area (Å²) >= 11 is 0. The average molecular weight is 344 g/mol. The molecule has 0 spiro atoms. The molecule has 1 N–H and O–H groups in total. The number of nitrogens with zero attached hydrogens (tertiary/aromatic N) is 3. The second-order valence-electron chi connectivity index (χ2n) is 7.73. The number of hydrazone groups is 1. The molecule has 4 nitrogen and oxygen atoms in total. The normalized spacial score (nSPS) is 27.7. The summed E-state index contributed by atoms with van der Waals surface area (Å²) in [5, 5.41) is 4.84. The highest BCUT2D eigenvalue weighted by Gasteiger charge is 2.44. The first-order valence-corrected chi connectivity index (χ1v) is 9.51. The minimum atomic E-state index is 0.227. The van der Waals surface area contributed by atoms with Crippen LogP contribution >= 0.6 is 0 Å². The lowest BCUT2D eigenvalue weighted by Gasteiger charge is -2.44. The van der Waals surface area contributed by atoms with E-state index in [9.17, 15) is 0 Å². The highest BCUT2D eigenvalue weighted by Crippen LogP contribution is 2.52. The number of aryl methyl sites for hydroxylation is 1. The third-order valence-electron chi connectivity index (χ3n) is 6.30. The topological polar surface area (TPSA) is 42.2 Å². The number of aromatic nitrogens is 2. The van der Waals surface area contributed by atoms with Gasteiger partial charge in [-0.05, 0) is 54.2 Å². The Labute approximate surface area is 154 Å². The van der Waals surface area contributed by atoms with Gasteiger partial charge in [-0.1, -0.05) is 36.9 Å². The Balaban J connectivity index is 1.70. The van der Waals surface area contributed by atoms with Crippen LogP contribution in [0.2, 0.25) is 0 Å². The molecule has 5 rings (SSSR count). The van der Waals surface area contributed by atoms with E-state index in [4.69, 9.17) is 5.10 Å². The highest BCUT2D eigenvalue weighted by atomic mass is 15.3. The van der Waals surface area contributed by atoms with Gasteiger partial charge in [0.25, 0.3) is 0 Å². The fourth-order valence-corrected chi connectivity index (χ4v) is 5.13. The van der Waals surface area contributed by atoms with Gasteiger partial charge in [0.15, 0.2) is 0 Å². The zero-order chi connectivity index (χ0) is 17.7. The minimum absolute atomic E-state index is 0.227. The zero-order valence-corrected chi connectivity index (χ0v) is 15.2. The van der Waals surface area contributed by atoms with Crippen molar-refractivity contribution in [3.05, 3.63) is 77.5 Å². The summed E-state index contributed by atoms with van der Waals surface area (Å²) in [5.74, 6) is 1.24. The van der Waals surface area contributed by atoms with Crippen molar-refractivity contribution < 1.29 is 0 Å². The Bertz CT molecular complexity index is 919. The van der Waals surface area contributed by atoms with Crippen molar-refractivity contribution in [3.8, 4) is 0 Å². The van der Waals surface area contributed by atoms with Crippen LogP contribution in [0.1, 0.15) is 48.8 Å². The van der Waals surface area contributed by atoms with Crippen LogP contribution in [0.3, 0.4) is 0 Å². The number of hydrogen-bond acceptors (Lipinski definition) is 3. The molecule has 2 aromatic rings. The van der Waals surface area contributed by atoms with E-state index >= 15 is 0 Å². The van der Waals surface area contributed by atoms with Gasteiger partial charge in [-0.15, -0.1) is 0 Å². The van der Waals surface area contributed by atoms with E-state index in [2.05, 4.69) is 58.9 Å². The lowest BCUT2D eigenvalue weighted by molar-refractivity contribution is 0.391. The van der Waals surface area contributed by atoms with Crippen molar-refractivity contribution in [1.29, 1.82) is 0 Å². The molecular weight excluding hydrogens is 320 g/mol. The average Bonchev–Trinajstić information content (AvgIpc) is 3.10. The third-order valence-corrected chi connectivity index (χ3v) is 6.30. The van der Waals surface area contributed by atoms with Gasteiger partial charge in [0.2, 0.25) is 0 Å². The number of benzene rings is 1. The predicted octanol–water partition coefficient (Wildman–Crippen LogP) is 4.26. The largest absolute Gasteiger partial charge is 0.337 e. The van der Waals surface area contributed by atoms with Gasteiger partial charge in [0.1, 0.15) is 0 Å². The van der Waals surface area contributed by atoms with Crippen LogP contribution in [-0.2, 0) is 7.05 Å². The molecule has 1 aromatic carbocycles.